The van der Waals surface area contributed by atoms with Crippen LogP contribution in [-0.2, 0) is 0 Å². The van der Waals surface area contributed by atoms with E-state index in [1.807, 2.05) is 21.1 Å². The zero-order valence-corrected chi connectivity index (χ0v) is 12.7. The highest BCUT2D eigenvalue weighted by Gasteiger charge is 2.15. The molecule has 1 aliphatic heterocycles. The Balaban J connectivity index is 2.06. The summed E-state index contributed by atoms with van der Waals surface area (Å²) in [4.78, 5) is 17.7. The molecule has 1 fully saturated rings. The molecule has 7 heteroatoms. The predicted molar refractivity (Wildman–Crippen MR) is 82.5 cm³/mol. The lowest BCUT2D eigenvalue weighted by molar-refractivity contribution is 0.425. The van der Waals surface area contributed by atoms with Crippen molar-refractivity contribution < 1.29 is 0 Å². The standard InChI is InChI=1S/C13H25N7/c1-14-11-16-12(15-7-10-19(2)3)18-13(17-11)20-8-5-4-6-9-20/h4-10H2,1-3H3,(H2,14,15,16,17,18). The van der Waals surface area contributed by atoms with E-state index < -0.39 is 0 Å². The number of hydrogen-bond donors (Lipinski definition) is 2. The third-order valence-corrected chi connectivity index (χ3v) is 3.33. The smallest absolute Gasteiger partial charge is 0.231 e. The van der Waals surface area contributed by atoms with E-state index in [4.69, 9.17) is 0 Å². The van der Waals surface area contributed by atoms with Gasteiger partial charge in [0, 0.05) is 33.2 Å². The summed E-state index contributed by atoms with van der Waals surface area (Å²) in [5.74, 6) is 2.04. The van der Waals surface area contributed by atoms with Crippen molar-refractivity contribution in [3.05, 3.63) is 0 Å². The molecule has 0 unspecified atom stereocenters. The van der Waals surface area contributed by atoms with E-state index in [0.717, 1.165) is 32.1 Å². The van der Waals surface area contributed by atoms with Gasteiger partial charge in [-0.1, -0.05) is 0 Å². The van der Waals surface area contributed by atoms with Crippen molar-refractivity contribution in [2.24, 2.45) is 0 Å². The summed E-state index contributed by atoms with van der Waals surface area (Å²) in [5.41, 5.74) is 0. The molecule has 1 aliphatic rings. The molecule has 1 saturated heterocycles. The van der Waals surface area contributed by atoms with Crippen LogP contribution in [0, 0.1) is 0 Å². The number of anilines is 3. The molecule has 2 heterocycles. The molecule has 2 N–H and O–H groups in total. The number of rotatable bonds is 6. The van der Waals surface area contributed by atoms with Gasteiger partial charge in [-0.25, -0.2) is 0 Å². The van der Waals surface area contributed by atoms with Gasteiger partial charge in [-0.3, -0.25) is 0 Å². The van der Waals surface area contributed by atoms with Gasteiger partial charge in [-0.2, -0.15) is 15.0 Å². The molecular formula is C13H25N7. The maximum atomic E-state index is 4.54. The van der Waals surface area contributed by atoms with Crippen LogP contribution in [0.15, 0.2) is 0 Å². The first-order valence-electron chi connectivity index (χ1n) is 7.26. The molecule has 7 nitrogen and oxygen atoms in total. The molecule has 0 atom stereocenters. The van der Waals surface area contributed by atoms with Crippen LogP contribution in [0.4, 0.5) is 17.8 Å². The molecule has 0 radical (unpaired) electrons. The Bertz CT molecular complexity index is 415. The summed E-state index contributed by atoms with van der Waals surface area (Å²) in [6.45, 7) is 3.83. The highest BCUT2D eigenvalue weighted by atomic mass is 15.3. The number of likely N-dealkylation sites (N-methyl/N-ethyl adjacent to an activating group) is 1. The number of piperidine rings is 1. The van der Waals surface area contributed by atoms with E-state index in [-0.39, 0.29) is 0 Å². The van der Waals surface area contributed by atoms with Gasteiger partial charge in [0.15, 0.2) is 0 Å². The topological polar surface area (TPSA) is 69.2 Å². The fraction of sp³-hybridized carbons (Fsp3) is 0.769. The minimum Gasteiger partial charge on any atom is -0.357 e. The molecule has 0 saturated carbocycles. The summed E-state index contributed by atoms with van der Waals surface area (Å²) < 4.78 is 0. The largest absolute Gasteiger partial charge is 0.357 e. The van der Waals surface area contributed by atoms with Crippen LogP contribution < -0.4 is 15.5 Å². The average molecular weight is 279 g/mol. The molecule has 112 valence electrons. The SMILES string of the molecule is CNc1nc(NCCN(C)C)nc(N2CCCCC2)n1. The molecule has 0 aromatic carbocycles. The fourth-order valence-electron chi connectivity index (χ4n) is 2.18. The third kappa shape index (κ3) is 4.19. The summed E-state index contributed by atoms with van der Waals surface area (Å²) in [6.07, 6.45) is 3.72. The van der Waals surface area contributed by atoms with E-state index in [9.17, 15) is 0 Å². The fourth-order valence-corrected chi connectivity index (χ4v) is 2.18. The van der Waals surface area contributed by atoms with Gasteiger partial charge in [0.1, 0.15) is 0 Å². The van der Waals surface area contributed by atoms with E-state index >= 15 is 0 Å². The van der Waals surface area contributed by atoms with Gasteiger partial charge in [-0.15, -0.1) is 0 Å². The molecule has 1 aromatic heterocycles. The van der Waals surface area contributed by atoms with E-state index in [1.165, 1.54) is 19.3 Å². The van der Waals surface area contributed by atoms with Gasteiger partial charge >= 0.3 is 0 Å². The summed E-state index contributed by atoms with van der Waals surface area (Å²) in [7, 11) is 5.93. The molecule has 0 bridgehead atoms. The molecule has 0 spiro atoms. The molecule has 0 aliphatic carbocycles. The third-order valence-electron chi connectivity index (χ3n) is 3.33. The van der Waals surface area contributed by atoms with Gasteiger partial charge in [-0.05, 0) is 33.4 Å². The minimum atomic E-state index is 0.618. The zero-order valence-electron chi connectivity index (χ0n) is 12.7. The Morgan fingerprint density at radius 2 is 1.75 bits per heavy atom. The van der Waals surface area contributed by atoms with Crippen molar-refractivity contribution in [1.82, 2.24) is 19.9 Å². The Hall–Kier alpha value is -1.63. The number of aromatic nitrogens is 3. The maximum Gasteiger partial charge on any atom is 0.231 e. The van der Waals surface area contributed by atoms with Crippen molar-refractivity contribution >= 4 is 17.8 Å². The van der Waals surface area contributed by atoms with Gasteiger partial charge in [0.25, 0.3) is 0 Å². The van der Waals surface area contributed by atoms with Crippen molar-refractivity contribution in [3.8, 4) is 0 Å². The first-order chi connectivity index (χ1) is 9.69. The Morgan fingerprint density at radius 3 is 2.40 bits per heavy atom. The van der Waals surface area contributed by atoms with Crippen molar-refractivity contribution in [1.29, 1.82) is 0 Å². The first kappa shape index (κ1) is 14.8. The van der Waals surface area contributed by atoms with Crippen LogP contribution in [0.5, 0.6) is 0 Å². The zero-order chi connectivity index (χ0) is 14.4. The van der Waals surface area contributed by atoms with E-state index in [0.29, 0.717) is 11.9 Å². The minimum absolute atomic E-state index is 0.618. The normalized spacial score (nSPS) is 15.5. The molecule has 0 amide bonds. The van der Waals surface area contributed by atoms with Crippen LogP contribution in [-0.4, -0.2) is 67.2 Å². The number of nitrogens with zero attached hydrogens (tertiary/aromatic N) is 5. The summed E-state index contributed by atoms with van der Waals surface area (Å²) in [6, 6.07) is 0. The molecule has 2 rings (SSSR count). The van der Waals surface area contributed by atoms with E-state index in [2.05, 4.69) is 35.4 Å². The van der Waals surface area contributed by atoms with Crippen molar-refractivity contribution in [2.45, 2.75) is 19.3 Å². The lowest BCUT2D eigenvalue weighted by Gasteiger charge is -2.27. The second-order valence-corrected chi connectivity index (χ2v) is 5.31. The van der Waals surface area contributed by atoms with Gasteiger partial charge in [0.2, 0.25) is 17.8 Å². The Labute approximate surface area is 120 Å². The van der Waals surface area contributed by atoms with Crippen LogP contribution in [0.1, 0.15) is 19.3 Å². The quantitative estimate of drug-likeness (QED) is 0.801. The Kier molecular flexibility index (Phi) is 5.34. The highest BCUT2D eigenvalue weighted by molar-refractivity contribution is 5.43. The first-order valence-corrected chi connectivity index (χ1v) is 7.26. The van der Waals surface area contributed by atoms with Crippen LogP contribution in [0.3, 0.4) is 0 Å². The Morgan fingerprint density at radius 1 is 1.05 bits per heavy atom. The molecule has 1 aromatic rings. The average Bonchev–Trinajstić information content (AvgIpc) is 2.47. The summed E-state index contributed by atoms with van der Waals surface area (Å²) in [5, 5.41) is 6.27. The predicted octanol–water partition coefficient (Wildman–Crippen LogP) is 0.877. The summed E-state index contributed by atoms with van der Waals surface area (Å²) >= 11 is 0. The van der Waals surface area contributed by atoms with Gasteiger partial charge < -0.3 is 20.4 Å². The maximum absolute atomic E-state index is 4.54. The second kappa shape index (κ2) is 7.23. The molecular weight excluding hydrogens is 254 g/mol. The number of hydrogen-bond acceptors (Lipinski definition) is 7. The van der Waals surface area contributed by atoms with Gasteiger partial charge in [0.05, 0.1) is 0 Å². The van der Waals surface area contributed by atoms with Crippen LogP contribution in [0.25, 0.3) is 0 Å². The van der Waals surface area contributed by atoms with Crippen molar-refractivity contribution in [2.75, 3.05) is 62.9 Å². The van der Waals surface area contributed by atoms with Crippen LogP contribution in [0.2, 0.25) is 0 Å². The second-order valence-electron chi connectivity index (χ2n) is 5.31. The monoisotopic (exact) mass is 279 g/mol. The molecule has 20 heavy (non-hydrogen) atoms. The van der Waals surface area contributed by atoms with E-state index in [1.54, 1.807) is 0 Å². The van der Waals surface area contributed by atoms with Crippen LogP contribution >= 0.6 is 0 Å². The lowest BCUT2D eigenvalue weighted by atomic mass is 10.1. The highest BCUT2D eigenvalue weighted by Crippen LogP contribution is 2.18. The number of nitrogens with one attached hydrogen (secondary N) is 2. The van der Waals surface area contributed by atoms with Crippen molar-refractivity contribution in [3.63, 3.8) is 0 Å². The lowest BCUT2D eigenvalue weighted by Crippen LogP contribution is -2.31.